The summed E-state index contributed by atoms with van der Waals surface area (Å²) < 4.78 is 12.8. The largest absolute Gasteiger partial charge is 0.314 e. The van der Waals surface area contributed by atoms with Crippen LogP contribution in [-0.4, -0.2) is 37.1 Å². The Morgan fingerprint density at radius 2 is 1.79 bits per heavy atom. The average Bonchev–Trinajstić information content (AvgIpc) is 2.37. The van der Waals surface area contributed by atoms with Gasteiger partial charge in [0, 0.05) is 12.1 Å². The van der Waals surface area contributed by atoms with Gasteiger partial charge >= 0.3 is 0 Å². The van der Waals surface area contributed by atoms with Gasteiger partial charge in [0.15, 0.2) is 0 Å². The van der Waals surface area contributed by atoms with Gasteiger partial charge in [-0.05, 0) is 71.4 Å². The zero-order valence-corrected chi connectivity index (χ0v) is 12.6. The van der Waals surface area contributed by atoms with Crippen LogP contribution in [0, 0.1) is 5.82 Å². The third kappa shape index (κ3) is 6.69. The van der Waals surface area contributed by atoms with Gasteiger partial charge in [0.1, 0.15) is 5.82 Å². The normalized spacial score (nSPS) is 13.2. The Labute approximate surface area is 117 Å². The molecule has 1 unspecified atom stereocenters. The standard InChI is InChI=1S/C16H27FN2/c1-13(2)19(4)11-5-10-18-14(3)12-15-6-8-16(17)9-7-15/h6-9,13-14,18H,5,10-12H2,1-4H3. The van der Waals surface area contributed by atoms with E-state index in [1.807, 2.05) is 12.1 Å². The molecule has 19 heavy (non-hydrogen) atoms. The average molecular weight is 266 g/mol. The Kier molecular flexibility index (Phi) is 7.03. The summed E-state index contributed by atoms with van der Waals surface area (Å²) in [7, 11) is 2.16. The first-order valence-corrected chi connectivity index (χ1v) is 7.17. The van der Waals surface area contributed by atoms with Crippen molar-refractivity contribution < 1.29 is 4.39 Å². The Balaban J connectivity index is 2.17. The molecule has 0 spiro atoms. The van der Waals surface area contributed by atoms with E-state index >= 15 is 0 Å². The number of hydrogen-bond donors (Lipinski definition) is 1. The Morgan fingerprint density at radius 3 is 2.37 bits per heavy atom. The highest BCUT2D eigenvalue weighted by Gasteiger charge is 2.05. The lowest BCUT2D eigenvalue weighted by Gasteiger charge is -2.21. The van der Waals surface area contributed by atoms with E-state index in [1.165, 1.54) is 17.7 Å². The summed E-state index contributed by atoms with van der Waals surface area (Å²) in [6.07, 6.45) is 2.10. The van der Waals surface area contributed by atoms with Crippen LogP contribution in [0.5, 0.6) is 0 Å². The maximum atomic E-state index is 12.8. The highest BCUT2D eigenvalue weighted by Crippen LogP contribution is 2.05. The number of benzene rings is 1. The van der Waals surface area contributed by atoms with Gasteiger partial charge in [-0.15, -0.1) is 0 Å². The van der Waals surface area contributed by atoms with E-state index in [1.54, 1.807) is 0 Å². The molecule has 0 aliphatic rings. The van der Waals surface area contributed by atoms with Crippen molar-refractivity contribution in [3.05, 3.63) is 35.6 Å². The van der Waals surface area contributed by atoms with Crippen LogP contribution in [0.2, 0.25) is 0 Å². The summed E-state index contributed by atoms with van der Waals surface area (Å²) in [6.45, 7) is 8.75. The minimum Gasteiger partial charge on any atom is -0.314 e. The topological polar surface area (TPSA) is 15.3 Å². The minimum atomic E-state index is -0.166. The fourth-order valence-corrected chi connectivity index (χ4v) is 1.98. The van der Waals surface area contributed by atoms with E-state index in [0.29, 0.717) is 12.1 Å². The SMILES string of the molecule is CC(Cc1ccc(F)cc1)NCCCN(C)C(C)C. The van der Waals surface area contributed by atoms with Gasteiger partial charge in [-0.1, -0.05) is 12.1 Å². The van der Waals surface area contributed by atoms with Crippen LogP contribution in [0.3, 0.4) is 0 Å². The van der Waals surface area contributed by atoms with Crippen molar-refractivity contribution in [2.75, 3.05) is 20.1 Å². The van der Waals surface area contributed by atoms with Crippen LogP contribution in [-0.2, 0) is 6.42 Å². The molecule has 0 fully saturated rings. The molecule has 0 saturated heterocycles. The fourth-order valence-electron chi connectivity index (χ4n) is 1.98. The van der Waals surface area contributed by atoms with Crippen molar-refractivity contribution in [3.63, 3.8) is 0 Å². The van der Waals surface area contributed by atoms with Crippen LogP contribution in [0.1, 0.15) is 32.8 Å². The van der Waals surface area contributed by atoms with Crippen LogP contribution < -0.4 is 5.32 Å². The van der Waals surface area contributed by atoms with Crippen molar-refractivity contribution in [2.24, 2.45) is 0 Å². The molecule has 1 rings (SSSR count). The van der Waals surface area contributed by atoms with Crippen molar-refractivity contribution in [1.82, 2.24) is 10.2 Å². The summed E-state index contributed by atoms with van der Waals surface area (Å²) in [6, 6.07) is 7.81. The van der Waals surface area contributed by atoms with Crippen molar-refractivity contribution in [2.45, 2.75) is 45.7 Å². The van der Waals surface area contributed by atoms with E-state index < -0.39 is 0 Å². The molecule has 1 aromatic rings. The first kappa shape index (κ1) is 16.1. The zero-order chi connectivity index (χ0) is 14.3. The first-order valence-electron chi connectivity index (χ1n) is 7.17. The maximum absolute atomic E-state index is 12.8. The van der Waals surface area contributed by atoms with E-state index in [4.69, 9.17) is 0 Å². The zero-order valence-electron chi connectivity index (χ0n) is 12.6. The van der Waals surface area contributed by atoms with Gasteiger partial charge in [-0.3, -0.25) is 0 Å². The quantitative estimate of drug-likeness (QED) is 0.727. The highest BCUT2D eigenvalue weighted by atomic mass is 19.1. The molecule has 0 saturated carbocycles. The molecule has 1 N–H and O–H groups in total. The maximum Gasteiger partial charge on any atom is 0.123 e. The lowest BCUT2D eigenvalue weighted by molar-refractivity contribution is 0.268. The molecule has 2 nitrogen and oxygen atoms in total. The second kappa shape index (κ2) is 8.28. The molecule has 0 aromatic heterocycles. The predicted octanol–water partition coefficient (Wildman–Crippen LogP) is 3.08. The summed E-state index contributed by atoms with van der Waals surface area (Å²) in [5.41, 5.74) is 1.18. The number of halogens is 1. The minimum absolute atomic E-state index is 0.166. The van der Waals surface area contributed by atoms with E-state index in [2.05, 4.69) is 38.0 Å². The molecule has 3 heteroatoms. The third-order valence-electron chi connectivity index (χ3n) is 3.52. The second-order valence-electron chi connectivity index (χ2n) is 5.61. The van der Waals surface area contributed by atoms with Crippen LogP contribution in [0.15, 0.2) is 24.3 Å². The third-order valence-corrected chi connectivity index (χ3v) is 3.52. The number of nitrogens with zero attached hydrogens (tertiary/aromatic N) is 1. The summed E-state index contributed by atoms with van der Waals surface area (Å²) >= 11 is 0. The van der Waals surface area contributed by atoms with E-state index in [-0.39, 0.29) is 5.82 Å². The summed E-state index contributed by atoms with van der Waals surface area (Å²) in [5, 5.41) is 3.52. The molecule has 0 amide bonds. The van der Waals surface area contributed by atoms with Gasteiger partial charge in [-0.25, -0.2) is 4.39 Å². The van der Waals surface area contributed by atoms with Crippen molar-refractivity contribution >= 4 is 0 Å². The Morgan fingerprint density at radius 1 is 1.16 bits per heavy atom. The molecule has 0 heterocycles. The van der Waals surface area contributed by atoms with Gasteiger partial charge < -0.3 is 10.2 Å². The second-order valence-corrected chi connectivity index (χ2v) is 5.61. The van der Waals surface area contributed by atoms with E-state index in [0.717, 1.165) is 25.9 Å². The smallest absolute Gasteiger partial charge is 0.123 e. The van der Waals surface area contributed by atoms with Gasteiger partial charge in [0.2, 0.25) is 0 Å². The molecule has 1 atom stereocenters. The number of nitrogens with one attached hydrogen (secondary N) is 1. The van der Waals surface area contributed by atoms with Crippen LogP contribution >= 0.6 is 0 Å². The molecule has 0 bridgehead atoms. The molecular weight excluding hydrogens is 239 g/mol. The summed E-state index contributed by atoms with van der Waals surface area (Å²) in [4.78, 5) is 2.35. The molecule has 0 aliphatic heterocycles. The Bertz CT molecular complexity index is 348. The molecule has 1 aromatic carbocycles. The van der Waals surface area contributed by atoms with E-state index in [9.17, 15) is 4.39 Å². The molecule has 0 radical (unpaired) electrons. The van der Waals surface area contributed by atoms with Gasteiger partial charge in [0.25, 0.3) is 0 Å². The molecular formula is C16H27FN2. The van der Waals surface area contributed by atoms with Gasteiger partial charge in [0.05, 0.1) is 0 Å². The Hall–Kier alpha value is -0.930. The fraction of sp³-hybridized carbons (Fsp3) is 0.625. The van der Waals surface area contributed by atoms with Gasteiger partial charge in [-0.2, -0.15) is 0 Å². The predicted molar refractivity (Wildman–Crippen MR) is 80.0 cm³/mol. The van der Waals surface area contributed by atoms with Crippen LogP contribution in [0.25, 0.3) is 0 Å². The molecule has 108 valence electrons. The van der Waals surface area contributed by atoms with Crippen molar-refractivity contribution in [3.8, 4) is 0 Å². The summed E-state index contributed by atoms with van der Waals surface area (Å²) in [5.74, 6) is -0.166. The lowest BCUT2D eigenvalue weighted by atomic mass is 10.1. The monoisotopic (exact) mass is 266 g/mol. The number of hydrogen-bond acceptors (Lipinski definition) is 2. The molecule has 0 aliphatic carbocycles. The first-order chi connectivity index (χ1) is 8.99. The number of rotatable bonds is 8. The highest BCUT2D eigenvalue weighted by molar-refractivity contribution is 5.16. The lowest BCUT2D eigenvalue weighted by Crippen LogP contribution is -2.33. The van der Waals surface area contributed by atoms with Crippen LogP contribution in [0.4, 0.5) is 4.39 Å². The van der Waals surface area contributed by atoms with Crippen molar-refractivity contribution in [1.29, 1.82) is 0 Å².